The Bertz CT molecular complexity index is 1200. The topological polar surface area (TPSA) is 124 Å². The van der Waals surface area contributed by atoms with E-state index < -0.39 is 12.5 Å². The summed E-state index contributed by atoms with van der Waals surface area (Å²) in [7, 11) is 0. The molecule has 2 aromatic heterocycles. The van der Waals surface area contributed by atoms with E-state index in [-0.39, 0.29) is 17.5 Å². The van der Waals surface area contributed by atoms with Gasteiger partial charge in [0.25, 0.3) is 5.89 Å². The zero-order valence-electron chi connectivity index (χ0n) is 17.0. The van der Waals surface area contributed by atoms with E-state index in [0.29, 0.717) is 17.8 Å². The smallest absolute Gasteiger partial charge is 0.450 e. The molecule has 2 heterocycles. The van der Waals surface area contributed by atoms with Crippen molar-refractivity contribution in [2.45, 2.75) is 19.8 Å². The molecule has 0 saturated heterocycles. The summed E-state index contributed by atoms with van der Waals surface area (Å²) in [4.78, 5) is 12.9. The van der Waals surface area contributed by atoms with Gasteiger partial charge in [0.2, 0.25) is 5.82 Å². The molecule has 4 aromatic rings. The predicted octanol–water partition coefficient (Wildman–Crippen LogP) is 5.08. The average Bonchev–Trinajstić information content (AvgIpc) is 3.35. The monoisotopic (exact) mass is 462 g/mol. The summed E-state index contributed by atoms with van der Waals surface area (Å²) in [6.45, 7) is 2.53. The summed E-state index contributed by atoms with van der Waals surface area (Å²) in [5.41, 5.74) is 3.05. The molecule has 4 rings (SSSR count). The number of aromatic nitrogens is 4. The molecule has 0 saturated carbocycles. The maximum Gasteiger partial charge on any atom is 0.573 e. The molecule has 2 N–H and O–H groups in total. The highest BCUT2D eigenvalue weighted by Crippen LogP contribution is 2.27. The molecule has 12 heteroatoms. The van der Waals surface area contributed by atoms with Crippen LogP contribution >= 0.6 is 0 Å². The summed E-state index contributed by atoms with van der Waals surface area (Å²) < 4.78 is 47.7. The van der Waals surface area contributed by atoms with Crippen LogP contribution in [-0.2, 0) is 6.54 Å². The third kappa shape index (κ3) is 6.82. The van der Waals surface area contributed by atoms with Crippen LogP contribution in [0, 0.1) is 6.92 Å². The molecule has 0 aliphatic carbocycles. The lowest BCUT2D eigenvalue weighted by Gasteiger charge is -2.08. The molecule has 0 unspecified atom stereocenters. The van der Waals surface area contributed by atoms with Gasteiger partial charge in [-0.05, 0) is 42.8 Å². The van der Waals surface area contributed by atoms with Crippen molar-refractivity contribution in [2.75, 3.05) is 0 Å². The Hall–Kier alpha value is -4.35. The third-order valence-corrected chi connectivity index (χ3v) is 4.15. The normalized spacial score (nSPS) is 10.9. The average molecular weight is 462 g/mol. The first-order chi connectivity index (χ1) is 15.6. The van der Waals surface area contributed by atoms with Crippen LogP contribution in [0.4, 0.5) is 18.0 Å². The molecule has 0 fully saturated rings. The Balaban J connectivity index is 0.000000709. The lowest BCUT2D eigenvalue weighted by Crippen LogP contribution is -2.16. The van der Waals surface area contributed by atoms with Crippen molar-refractivity contribution in [3.05, 3.63) is 71.9 Å². The summed E-state index contributed by atoms with van der Waals surface area (Å²) in [6, 6.07) is 17.0. The van der Waals surface area contributed by atoms with Crippen LogP contribution in [0.1, 0.15) is 11.3 Å². The number of carbonyl (C=O) groups is 1. The number of halogens is 3. The third-order valence-electron chi connectivity index (χ3n) is 4.15. The van der Waals surface area contributed by atoms with E-state index in [1.807, 2.05) is 48.0 Å². The number of ether oxygens (including phenoxy) is 1. The molecule has 0 aliphatic heterocycles. The highest BCUT2D eigenvalue weighted by Gasteiger charge is 2.31. The van der Waals surface area contributed by atoms with Crippen molar-refractivity contribution in [1.29, 1.82) is 0 Å². The summed E-state index contributed by atoms with van der Waals surface area (Å²) in [6.07, 6.45) is -6.57. The summed E-state index contributed by atoms with van der Waals surface area (Å²) >= 11 is 0. The van der Waals surface area contributed by atoms with Crippen LogP contribution in [0.5, 0.6) is 5.75 Å². The van der Waals surface area contributed by atoms with E-state index >= 15 is 0 Å². The molecule has 2 aromatic carbocycles. The van der Waals surface area contributed by atoms with Crippen molar-refractivity contribution < 1.29 is 37.4 Å². The number of aryl methyl sites for hydroxylation is 1. The quantitative estimate of drug-likeness (QED) is 0.421. The lowest BCUT2D eigenvalue weighted by atomic mass is 10.2. The van der Waals surface area contributed by atoms with Gasteiger partial charge < -0.3 is 19.5 Å². The lowest BCUT2D eigenvalue weighted by molar-refractivity contribution is -0.274. The number of rotatable bonds is 5. The van der Waals surface area contributed by atoms with Gasteiger partial charge >= 0.3 is 12.5 Å². The number of benzene rings is 2. The molecule has 172 valence electrons. The Morgan fingerprint density at radius 1 is 1.09 bits per heavy atom. The first-order valence-corrected chi connectivity index (χ1v) is 9.31. The van der Waals surface area contributed by atoms with Gasteiger partial charge in [-0.25, -0.2) is 4.79 Å². The van der Waals surface area contributed by atoms with Crippen LogP contribution < -0.4 is 4.74 Å². The van der Waals surface area contributed by atoms with E-state index in [4.69, 9.17) is 19.5 Å². The molecule has 0 aliphatic rings. The number of nitrogens with zero attached hydrogens (tertiary/aromatic N) is 4. The van der Waals surface area contributed by atoms with Gasteiger partial charge in [0, 0.05) is 11.3 Å². The Morgan fingerprint density at radius 3 is 2.33 bits per heavy atom. The van der Waals surface area contributed by atoms with Crippen molar-refractivity contribution in [3.8, 4) is 28.7 Å². The van der Waals surface area contributed by atoms with Gasteiger partial charge in [0.15, 0.2) is 5.69 Å². The Kier molecular flexibility index (Phi) is 6.96. The molecule has 0 atom stereocenters. The maximum absolute atomic E-state index is 12.3. The molecular weight excluding hydrogens is 445 g/mol. The van der Waals surface area contributed by atoms with E-state index in [1.54, 1.807) is 0 Å². The number of hydrogen-bond donors (Lipinski definition) is 2. The van der Waals surface area contributed by atoms with Gasteiger partial charge in [0.1, 0.15) is 5.75 Å². The molecule has 9 nitrogen and oxygen atoms in total. The van der Waals surface area contributed by atoms with E-state index in [2.05, 4.69) is 20.0 Å². The minimum Gasteiger partial charge on any atom is -0.450 e. The first kappa shape index (κ1) is 23.3. The molecule has 0 spiro atoms. The van der Waals surface area contributed by atoms with Gasteiger partial charge in [-0.3, -0.25) is 4.68 Å². The SMILES string of the molecule is Cc1cc(-c2nc(-c3ccc(OC(F)(F)F)cc3)no2)nn1Cc1ccccc1.O=C(O)O. The van der Waals surface area contributed by atoms with Gasteiger partial charge in [0.05, 0.1) is 6.54 Å². The van der Waals surface area contributed by atoms with Gasteiger partial charge in [-0.2, -0.15) is 10.1 Å². The second-order valence-electron chi connectivity index (χ2n) is 6.59. The second kappa shape index (κ2) is 9.85. The van der Waals surface area contributed by atoms with Gasteiger partial charge in [-0.15, -0.1) is 13.2 Å². The molecule has 0 amide bonds. The number of alkyl halides is 3. The Labute approximate surface area is 184 Å². The summed E-state index contributed by atoms with van der Waals surface area (Å²) in [5.74, 6) is 0.152. The van der Waals surface area contributed by atoms with E-state index in [9.17, 15) is 13.2 Å². The molecule has 33 heavy (non-hydrogen) atoms. The highest BCUT2D eigenvalue weighted by atomic mass is 19.4. The predicted molar refractivity (Wildman–Crippen MR) is 109 cm³/mol. The summed E-state index contributed by atoms with van der Waals surface area (Å²) in [5, 5.41) is 22.3. The fourth-order valence-corrected chi connectivity index (χ4v) is 2.78. The maximum atomic E-state index is 12.3. The minimum absolute atomic E-state index is 0.227. The first-order valence-electron chi connectivity index (χ1n) is 9.31. The van der Waals surface area contributed by atoms with Crippen molar-refractivity contribution in [3.63, 3.8) is 0 Å². The molecular formula is C21H17F3N4O5. The van der Waals surface area contributed by atoms with Crippen molar-refractivity contribution in [2.24, 2.45) is 0 Å². The largest absolute Gasteiger partial charge is 0.573 e. The van der Waals surface area contributed by atoms with Gasteiger partial charge in [-0.1, -0.05) is 35.5 Å². The van der Waals surface area contributed by atoms with Crippen molar-refractivity contribution >= 4 is 6.16 Å². The number of hydrogen-bond acceptors (Lipinski definition) is 6. The van der Waals surface area contributed by atoms with Crippen LogP contribution in [0.3, 0.4) is 0 Å². The Morgan fingerprint density at radius 2 is 1.73 bits per heavy atom. The molecule has 0 bridgehead atoms. The van der Waals surface area contributed by atoms with Crippen LogP contribution in [0.2, 0.25) is 0 Å². The number of carboxylic acid groups (broad SMARTS) is 2. The fraction of sp³-hybridized carbons (Fsp3) is 0.143. The minimum atomic E-state index is -4.74. The van der Waals surface area contributed by atoms with Crippen LogP contribution in [0.15, 0.2) is 65.2 Å². The highest BCUT2D eigenvalue weighted by molar-refractivity contribution is 5.59. The van der Waals surface area contributed by atoms with E-state index in [0.717, 1.165) is 11.3 Å². The fourth-order valence-electron chi connectivity index (χ4n) is 2.78. The standard InChI is InChI=1S/C20H15F3N4O2.CH2O3/c1-13-11-17(25-27(13)12-14-5-3-2-4-6-14)19-24-18(26-29-19)15-7-9-16(10-8-15)28-20(21,22)23;2-1(3)4/h2-11H,12H2,1H3;(H2,2,3,4). The van der Waals surface area contributed by atoms with Crippen LogP contribution in [-0.4, -0.2) is 42.7 Å². The van der Waals surface area contributed by atoms with E-state index in [1.165, 1.54) is 24.3 Å². The van der Waals surface area contributed by atoms with Crippen molar-refractivity contribution in [1.82, 2.24) is 19.9 Å². The zero-order chi connectivity index (χ0) is 24.0. The zero-order valence-corrected chi connectivity index (χ0v) is 17.0. The second-order valence-corrected chi connectivity index (χ2v) is 6.59. The van der Waals surface area contributed by atoms with Crippen LogP contribution in [0.25, 0.3) is 23.0 Å². The molecule has 0 radical (unpaired) electrons.